The zero-order valence-corrected chi connectivity index (χ0v) is 16.4. The Hall–Kier alpha value is -2.64. The van der Waals surface area contributed by atoms with Crippen molar-refractivity contribution in [2.24, 2.45) is 7.05 Å². The Morgan fingerprint density at radius 1 is 1.04 bits per heavy atom. The van der Waals surface area contributed by atoms with E-state index in [1.54, 1.807) is 28.7 Å². The zero-order chi connectivity index (χ0) is 19.3. The van der Waals surface area contributed by atoms with Gasteiger partial charge < -0.3 is 9.30 Å². The van der Waals surface area contributed by atoms with Crippen molar-refractivity contribution in [3.05, 3.63) is 65.5 Å². The standard InChI is InChI=1S/C21H21N3O3S/c1-23-10-8-22-21(23)17-2-3-18-14-24(9-6-15(18)12-17)28(25,26)19-4-5-20-16(13-19)7-11-27-20/h2-5,8,10,12-13H,6-7,9,11,14H2,1H3. The molecule has 28 heavy (non-hydrogen) atoms. The molecule has 144 valence electrons. The molecule has 2 aliphatic heterocycles. The van der Waals surface area contributed by atoms with Gasteiger partial charge >= 0.3 is 0 Å². The van der Waals surface area contributed by atoms with Crippen LogP contribution in [0.25, 0.3) is 11.4 Å². The number of imidazole rings is 1. The number of rotatable bonds is 3. The van der Waals surface area contributed by atoms with Crippen LogP contribution in [0.5, 0.6) is 5.75 Å². The number of hydrogen-bond acceptors (Lipinski definition) is 4. The quantitative estimate of drug-likeness (QED) is 0.684. The Morgan fingerprint density at radius 3 is 2.75 bits per heavy atom. The second-order valence-electron chi connectivity index (χ2n) is 7.30. The first kappa shape index (κ1) is 17.5. The number of benzene rings is 2. The van der Waals surface area contributed by atoms with Crippen LogP contribution in [-0.2, 0) is 36.5 Å². The monoisotopic (exact) mass is 395 g/mol. The molecule has 1 aromatic heterocycles. The molecule has 2 aliphatic rings. The molecule has 2 aromatic carbocycles. The van der Waals surface area contributed by atoms with E-state index < -0.39 is 10.0 Å². The largest absolute Gasteiger partial charge is 0.493 e. The van der Waals surface area contributed by atoms with Crippen LogP contribution in [0.1, 0.15) is 16.7 Å². The van der Waals surface area contributed by atoms with Crippen LogP contribution in [0, 0.1) is 0 Å². The molecule has 3 heterocycles. The van der Waals surface area contributed by atoms with Crippen molar-refractivity contribution in [2.75, 3.05) is 13.2 Å². The molecule has 0 amide bonds. The van der Waals surface area contributed by atoms with Crippen LogP contribution in [-0.4, -0.2) is 35.4 Å². The van der Waals surface area contributed by atoms with Crippen LogP contribution in [0.2, 0.25) is 0 Å². The number of ether oxygens (including phenoxy) is 1. The normalized spacial score (nSPS) is 16.5. The fourth-order valence-electron chi connectivity index (χ4n) is 3.99. The van der Waals surface area contributed by atoms with E-state index in [2.05, 4.69) is 11.1 Å². The Labute approximate surface area is 164 Å². The van der Waals surface area contributed by atoms with E-state index in [0.29, 0.717) is 31.0 Å². The van der Waals surface area contributed by atoms with Crippen LogP contribution in [0.3, 0.4) is 0 Å². The SMILES string of the molecule is Cn1ccnc1-c1ccc2c(c1)CCN(S(=O)(=O)c1ccc3c(c1)CCO3)C2. The summed E-state index contributed by atoms with van der Waals surface area (Å²) < 4.78 is 35.4. The summed E-state index contributed by atoms with van der Waals surface area (Å²) in [7, 11) is -1.56. The van der Waals surface area contributed by atoms with Crippen LogP contribution in [0.15, 0.2) is 53.7 Å². The minimum Gasteiger partial charge on any atom is -0.493 e. The van der Waals surface area contributed by atoms with Crippen LogP contribution < -0.4 is 4.74 Å². The number of fused-ring (bicyclic) bond motifs is 2. The lowest BCUT2D eigenvalue weighted by Gasteiger charge is -2.28. The summed E-state index contributed by atoms with van der Waals surface area (Å²) in [6.07, 6.45) is 5.16. The maximum absolute atomic E-state index is 13.2. The molecule has 5 rings (SSSR count). The smallest absolute Gasteiger partial charge is 0.243 e. The van der Waals surface area contributed by atoms with Crippen molar-refractivity contribution in [1.82, 2.24) is 13.9 Å². The van der Waals surface area contributed by atoms with Crippen molar-refractivity contribution in [1.29, 1.82) is 0 Å². The molecule has 0 unspecified atom stereocenters. The van der Waals surface area contributed by atoms with E-state index in [1.165, 1.54) is 5.56 Å². The van der Waals surface area contributed by atoms with Gasteiger partial charge in [-0.25, -0.2) is 13.4 Å². The lowest BCUT2D eigenvalue weighted by molar-refractivity contribution is 0.356. The third-order valence-corrected chi connectivity index (χ3v) is 7.40. The Balaban J connectivity index is 1.43. The summed E-state index contributed by atoms with van der Waals surface area (Å²) in [5.41, 5.74) is 4.27. The lowest BCUT2D eigenvalue weighted by atomic mass is 9.98. The third-order valence-electron chi connectivity index (χ3n) is 5.56. The lowest BCUT2D eigenvalue weighted by Crippen LogP contribution is -2.36. The molecule has 3 aromatic rings. The van der Waals surface area contributed by atoms with Gasteiger partial charge in [-0.1, -0.05) is 12.1 Å². The predicted molar refractivity (Wildman–Crippen MR) is 106 cm³/mol. The first-order valence-corrected chi connectivity index (χ1v) is 10.8. The second kappa shape index (κ2) is 6.46. The van der Waals surface area contributed by atoms with Gasteiger partial charge in [0.15, 0.2) is 0 Å². The fourth-order valence-corrected chi connectivity index (χ4v) is 5.46. The summed E-state index contributed by atoms with van der Waals surface area (Å²) in [5.74, 6) is 1.71. The third kappa shape index (κ3) is 2.82. The van der Waals surface area contributed by atoms with E-state index in [-0.39, 0.29) is 0 Å². The summed E-state index contributed by atoms with van der Waals surface area (Å²) in [5, 5.41) is 0. The first-order chi connectivity index (χ1) is 13.5. The fraction of sp³-hybridized carbons (Fsp3) is 0.286. The van der Waals surface area contributed by atoms with Gasteiger partial charge in [0.25, 0.3) is 0 Å². The molecule has 7 heteroatoms. The van der Waals surface area contributed by atoms with E-state index in [9.17, 15) is 8.42 Å². The number of nitrogens with zero attached hydrogens (tertiary/aromatic N) is 3. The minimum atomic E-state index is -3.53. The highest BCUT2D eigenvalue weighted by Gasteiger charge is 2.29. The maximum atomic E-state index is 13.2. The van der Waals surface area contributed by atoms with Gasteiger partial charge in [0, 0.05) is 44.5 Å². The number of aryl methyl sites for hydroxylation is 1. The molecule has 0 saturated heterocycles. The molecule has 0 spiro atoms. The molecule has 0 bridgehead atoms. The molecule has 0 atom stereocenters. The Bertz CT molecular complexity index is 1170. The molecule has 0 fully saturated rings. The average molecular weight is 395 g/mol. The number of hydrogen-bond donors (Lipinski definition) is 0. The summed E-state index contributed by atoms with van der Waals surface area (Å²) in [6, 6.07) is 11.4. The van der Waals surface area contributed by atoms with Crippen molar-refractivity contribution in [3.8, 4) is 17.1 Å². The summed E-state index contributed by atoms with van der Waals surface area (Å²) in [6.45, 7) is 1.49. The van der Waals surface area contributed by atoms with E-state index in [0.717, 1.165) is 34.7 Å². The van der Waals surface area contributed by atoms with Gasteiger partial charge in [-0.2, -0.15) is 4.31 Å². The molecule has 0 saturated carbocycles. The Morgan fingerprint density at radius 2 is 1.93 bits per heavy atom. The zero-order valence-electron chi connectivity index (χ0n) is 15.6. The highest BCUT2D eigenvalue weighted by Crippen LogP contribution is 2.31. The van der Waals surface area contributed by atoms with Gasteiger partial charge in [-0.05, 0) is 47.4 Å². The molecule has 6 nitrogen and oxygen atoms in total. The van der Waals surface area contributed by atoms with Gasteiger partial charge in [-0.3, -0.25) is 0 Å². The number of aromatic nitrogens is 2. The minimum absolute atomic E-state index is 0.352. The summed E-state index contributed by atoms with van der Waals surface area (Å²) >= 11 is 0. The summed E-state index contributed by atoms with van der Waals surface area (Å²) in [4.78, 5) is 4.76. The molecule has 0 radical (unpaired) electrons. The van der Waals surface area contributed by atoms with Crippen molar-refractivity contribution in [3.63, 3.8) is 0 Å². The second-order valence-corrected chi connectivity index (χ2v) is 9.24. The van der Waals surface area contributed by atoms with Gasteiger partial charge in [0.05, 0.1) is 11.5 Å². The Kier molecular flexibility index (Phi) is 4.03. The predicted octanol–water partition coefficient (Wildman–Crippen LogP) is 2.77. The molecular weight excluding hydrogens is 374 g/mol. The maximum Gasteiger partial charge on any atom is 0.243 e. The van der Waals surface area contributed by atoms with Gasteiger partial charge in [0.2, 0.25) is 10.0 Å². The highest BCUT2D eigenvalue weighted by atomic mass is 32.2. The molecule has 0 N–H and O–H groups in total. The average Bonchev–Trinajstić information content (AvgIpc) is 3.35. The van der Waals surface area contributed by atoms with E-state index >= 15 is 0 Å². The van der Waals surface area contributed by atoms with Crippen molar-refractivity contribution < 1.29 is 13.2 Å². The number of sulfonamides is 1. The van der Waals surface area contributed by atoms with Crippen molar-refractivity contribution in [2.45, 2.75) is 24.3 Å². The van der Waals surface area contributed by atoms with Gasteiger partial charge in [0.1, 0.15) is 11.6 Å². The van der Waals surface area contributed by atoms with Gasteiger partial charge in [-0.15, -0.1) is 0 Å². The molecule has 0 aliphatic carbocycles. The van der Waals surface area contributed by atoms with E-state index in [1.807, 2.05) is 29.9 Å². The topological polar surface area (TPSA) is 64.4 Å². The van der Waals surface area contributed by atoms with Crippen LogP contribution in [0.4, 0.5) is 0 Å². The van der Waals surface area contributed by atoms with Crippen LogP contribution >= 0.6 is 0 Å². The van der Waals surface area contributed by atoms with E-state index in [4.69, 9.17) is 4.74 Å². The highest BCUT2D eigenvalue weighted by molar-refractivity contribution is 7.89. The first-order valence-electron chi connectivity index (χ1n) is 9.38. The molecular formula is C21H21N3O3S. The van der Waals surface area contributed by atoms with Crippen molar-refractivity contribution >= 4 is 10.0 Å².